The van der Waals surface area contributed by atoms with Crippen LogP contribution in [0.5, 0.6) is 0 Å². The molecule has 0 fully saturated rings. The molecule has 0 radical (unpaired) electrons. The Morgan fingerprint density at radius 1 is 1.08 bits per heavy atom. The zero-order valence-corrected chi connectivity index (χ0v) is 20.9. The highest BCUT2D eigenvalue weighted by atomic mass is 19.1. The maximum Gasteiger partial charge on any atom is 0.167 e. The van der Waals surface area contributed by atoms with Crippen LogP contribution < -0.4 is 0 Å². The fourth-order valence-corrected chi connectivity index (χ4v) is 4.45. The highest BCUT2D eigenvalue weighted by Gasteiger charge is 2.24. The normalized spacial score (nSPS) is 12.3. The van der Waals surface area contributed by atoms with Crippen LogP contribution in [0.4, 0.5) is 14.5 Å². The molecule has 5 rings (SSSR count). The number of halogens is 2. The molecule has 2 aromatic heterocycles. The third kappa shape index (κ3) is 4.71. The summed E-state index contributed by atoms with van der Waals surface area (Å²) in [5.41, 5.74) is 3.19. The topological polar surface area (TPSA) is 91.9 Å². The first-order valence-corrected chi connectivity index (χ1v) is 12.1. The molecule has 2 aromatic carbocycles. The number of aromatic nitrogens is 3. The van der Waals surface area contributed by atoms with E-state index in [1.165, 1.54) is 18.5 Å². The minimum atomic E-state index is -0.783. The number of pyridine rings is 1. The largest absolute Gasteiger partial charge is 0.294 e. The Hall–Kier alpha value is -4.64. The number of nitrogens with zero attached hydrogens (tertiary/aromatic N) is 5. The lowest BCUT2D eigenvalue weighted by Crippen LogP contribution is -2.15. The molecule has 1 aliphatic rings. The molecule has 0 spiro atoms. The number of hydrogen-bond acceptors (Lipinski definition) is 6. The van der Waals surface area contributed by atoms with Crippen molar-refractivity contribution < 1.29 is 13.6 Å². The smallest absolute Gasteiger partial charge is 0.167 e. The van der Waals surface area contributed by atoms with E-state index < -0.39 is 17.0 Å². The first-order valence-electron chi connectivity index (χ1n) is 12.1. The maximum absolute atomic E-state index is 15.7. The zero-order valence-electron chi connectivity index (χ0n) is 20.9. The second kappa shape index (κ2) is 10.0. The van der Waals surface area contributed by atoms with Crippen molar-refractivity contribution in [3.05, 3.63) is 106 Å². The molecule has 0 amide bonds. The molecule has 0 N–H and O–H groups in total. The molecule has 0 unspecified atom stereocenters. The van der Waals surface area contributed by atoms with Gasteiger partial charge in [0, 0.05) is 48.4 Å². The summed E-state index contributed by atoms with van der Waals surface area (Å²) in [4.78, 5) is 30.5. The lowest BCUT2D eigenvalue weighted by Gasteiger charge is -2.16. The van der Waals surface area contributed by atoms with Crippen LogP contribution in [0.25, 0.3) is 11.3 Å². The number of fused-ring (bicyclic) bond motifs is 1. The van der Waals surface area contributed by atoms with Gasteiger partial charge in [0.2, 0.25) is 0 Å². The molecule has 188 valence electrons. The summed E-state index contributed by atoms with van der Waals surface area (Å²) in [7, 11) is 0. The van der Waals surface area contributed by atoms with Crippen molar-refractivity contribution in [2.75, 3.05) is 0 Å². The third-order valence-electron chi connectivity index (χ3n) is 6.70. The Bertz CT molecular complexity index is 1640. The van der Waals surface area contributed by atoms with E-state index in [1.54, 1.807) is 62.7 Å². The lowest BCUT2D eigenvalue weighted by molar-refractivity contribution is 0.0991. The average molecular weight is 508 g/mol. The van der Waals surface area contributed by atoms with Crippen LogP contribution in [0, 0.1) is 23.0 Å². The van der Waals surface area contributed by atoms with Crippen molar-refractivity contribution in [3.63, 3.8) is 0 Å². The molecule has 38 heavy (non-hydrogen) atoms. The van der Waals surface area contributed by atoms with Crippen molar-refractivity contribution in [3.8, 4) is 17.3 Å². The van der Waals surface area contributed by atoms with Crippen LogP contribution in [-0.2, 0) is 24.7 Å². The molecule has 0 saturated carbocycles. The highest BCUT2D eigenvalue weighted by Crippen LogP contribution is 2.35. The second-order valence-corrected chi connectivity index (χ2v) is 9.62. The van der Waals surface area contributed by atoms with Gasteiger partial charge in [0.05, 0.1) is 22.9 Å². The molecule has 8 heteroatoms. The van der Waals surface area contributed by atoms with Gasteiger partial charge < -0.3 is 0 Å². The summed E-state index contributed by atoms with van der Waals surface area (Å²) >= 11 is 0. The quantitative estimate of drug-likeness (QED) is 0.291. The number of aliphatic imine (C=N–C) groups is 1. The Balaban J connectivity index is 1.46. The van der Waals surface area contributed by atoms with Crippen molar-refractivity contribution in [2.45, 2.75) is 38.5 Å². The van der Waals surface area contributed by atoms with E-state index >= 15 is 4.39 Å². The lowest BCUT2D eigenvalue weighted by atomic mass is 9.85. The Morgan fingerprint density at radius 2 is 1.92 bits per heavy atom. The molecule has 4 aromatic rings. The van der Waals surface area contributed by atoms with Crippen LogP contribution in [0.1, 0.15) is 52.3 Å². The number of nitriles is 1. The van der Waals surface area contributed by atoms with Crippen molar-refractivity contribution in [1.29, 1.82) is 5.26 Å². The number of carbonyl (C=O) groups excluding carboxylic acids is 1. The molecule has 3 heterocycles. The van der Waals surface area contributed by atoms with Crippen molar-refractivity contribution in [1.82, 2.24) is 15.0 Å². The number of Topliss-reactive ketones (excluding diaryl/α,β-unsaturated/α-hetero) is 1. The van der Waals surface area contributed by atoms with E-state index in [9.17, 15) is 14.4 Å². The van der Waals surface area contributed by atoms with Gasteiger partial charge in [0.25, 0.3) is 0 Å². The fourth-order valence-electron chi connectivity index (χ4n) is 4.45. The second-order valence-electron chi connectivity index (χ2n) is 9.62. The van der Waals surface area contributed by atoms with Gasteiger partial charge in [-0.15, -0.1) is 0 Å². The average Bonchev–Trinajstić information content (AvgIpc) is 3.42. The molecule has 0 bridgehead atoms. The number of hydrogen-bond donors (Lipinski definition) is 0. The predicted octanol–water partition coefficient (Wildman–Crippen LogP) is 5.89. The number of rotatable bonds is 7. The minimum Gasteiger partial charge on any atom is -0.294 e. The van der Waals surface area contributed by atoms with Crippen LogP contribution in [0.2, 0.25) is 0 Å². The van der Waals surface area contributed by atoms with Gasteiger partial charge in [-0.1, -0.05) is 24.3 Å². The number of ketones is 1. The van der Waals surface area contributed by atoms with E-state index in [-0.39, 0.29) is 29.8 Å². The highest BCUT2D eigenvalue weighted by molar-refractivity contribution is 5.97. The molecule has 6 nitrogen and oxygen atoms in total. The van der Waals surface area contributed by atoms with Gasteiger partial charge >= 0.3 is 0 Å². The zero-order chi connectivity index (χ0) is 26.9. The summed E-state index contributed by atoms with van der Waals surface area (Å²) in [5, 5.41) is 9.43. The van der Waals surface area contributed by atoms with Gasteiger partial charge in [-0.05, 0) is 49.2 Å². The molecular formula is C30H23F2N5O. The van der Waals surface area contributed by atoms with E-state index in [0.717, 1.165) is 5.69 Å². The predicted molar refractivity (Wildman–Crippen MR) is 139 cm³/mol. The van der Waals surface area contributed by atoms with Crippen LogP contribution in [-0.4, -0.2) is 26.9 Å². The van der Waals surface area contributed by atoms with Gasteiger partial charge in [-0.3, -0.25) is 14.8 Å². The summed E-state index contributed by atoms with van der Waals surface area (Å²) in [6.45, 7) is 3.52. The SMILES string of the molecule is CC(C)(C#N)c1cccc(C(=O)Cc2ccc(F)c(Cc3ncccc3-c3ncnc4c3N=CC4)c2F)c1. The van der Waals surface area contributed by atoms with Crippen molar-refractivity contribution in [2.24, 2.45) is 4.99 Å². The van der Waals surface area contributed by atoms with Gasteiger partial charge in [0.1, 0.15) is 29.3 Å². The first kappa shape index (κ1) is 25.0. The molecule has 0 atom stereocenters. The summed E-state index contributed by atoms with van der Waals surface area (Å²) < 4.78 is 30.6. The molecule has 1 aliphatic heterocycles. The van der Waals surface area contributed by atoms with E-state index in [4.69, 9.17) is 0 Å². The van der Waals surface area contributed by atoms with Gasteiger partial charge in [0.15, 0.2) is 5.78 Å². The van der Waals surface area contributed by atoms with Crippen LogP contribution >= 0.6 is 0 Å². The maximum atomic E-state index is 15.7. The standard InChI is InChI=1S/C30H23F2N5O/c1-30(2,16-33)20-6-3-5-18(13-20)26(38)14-19-8-9-23(31)22(27(19)32)15-25-21(7-4-11-34-25)28-29-24(10-12-35-29)36-17-37-28/h3-9,11-13,17H,10,14-15H2,1-2H3. The van der Waals surface area contributed by atoms with Gasteiger partial charge in [-0.2, -0.15) is 5.26 Å². The monoisotopic (exact) mass is 507 g/mol. The Morgan fingerprint density at radius 3 is 2.74 bits per heavy atom. The summed E-state index contributed by atoms with van der Waals surface area (Å²) in [5.74, 6) is -1.83. The van der Waals surface area contributed by atoms with Crippen LogP contribution in [0.3, 0.4) is 0 Å². The minimum absolute atomic E-state index is 0.0846. The molecule has 0 aliphatic carbocycles. The first-order chi connectivity index (χ1) is 18.3. The molecular weight excluding hydrogens is 484 g/mol. The fraction of sp³-hybridized carbons (Fsp3) is 0.200. The van der Waals surface area contributed by atoms with Gasteiger partial charge in [-0.25, -0.2) is 18.7 Å². The Kier molecular flexibility index (Phi) is 6.60. The third-order valence-corrected chi connectivity index (χ3v) is 6.70. The van der Waals surface area contributed by atoms with Crippen LogP contribution in [0.15, 0.2) is 66.0 Å². The summed E-state index contributed by atoms with van der Waals surface area (Å²) in [6.07, 6.45) is 4.96. The Labute approximate surface area is 218 Å². The van der Waals surface area contributed by atoms with E-state index in [0.29, 0.717) is 40.2 Å². The number of benzene rings is 2. The summed E-state index contributed by atoms with van der Waals surface area (Å²) in [6, 6.07) is 15.0. The van der Waals surface area contributed by atoms with Crippen molar-refractivity contribution >= 4 is 17.7 Å². The van der Waals surface area contributed by atoms with E-state index in [1.807, 2.05) is 0 Å². The molecule has 0 saturated heterocycles. The van der Waals surface area contributed by atoms with E-state index in [2.05, 4.69) is 26.0 Å². The number of carbonyl (C=O) groups is 1.